The summed E-state index contributed by atoms with van der Waals surface area (Å²) in [6.07, 6.45) is 1.16. The van der Waals surface area contributed by atoms with Crippen molar-refractivity contribution in [2.45, 2.75) is 31.7 Å². The molecule has 5 heteroatoms. The average molecular weight is 310 g/mol. The number of fused-ring (bicyclic) bond motifs is 1. The molecule has 1 unspecified atom stereocenters. The summed E-state index contributed by atoms with van der Waals surface area (Å²) in [5.74, 6) is 0. The van der Waals surface area contributed by atoms with Gasteiger partial charge < -0.3 is 9.04 Å². The lowest BCUT2D eigenvalue weighted by molar-refractivity contribution is 0.00600. The number of rotatable bonds is 4. The number of ether oxygens (including phenoxy) is 1. The van der Waals surface area contributed by atoms with Crippen molar-refractivity contribution in [3.63, 3.8) is 0 Å². The van der Waals surface area contributed by atoms with Gasteiger partial charge in [0.05, 0.1) is 12.3 Å². The van der Waals surface area contributed by atoms with Gasteiger partial charge in [0.25, 0.3) is 0 Å². The Morgan fingerprint density at radius 2 is 2.10 bits per heavy atom. The predicted octanol–water partition coefficient (Wildman–Crippen LogP) is 3.41. The summed E-state index contributed by atoms with van der Waals surface area (Å²) in [4.78, 5) is 2.50. The predicted molar refractivity (Wildman–Crippen MR) is 89.1 cm³/mol. The molecule has 0 radical (unpaired) electrons. The Morgan fingerprint density at radius 1 is 1.25 bits per heavy atom. The lowest BCUT2D eigenvalue weighted by Crippen LogP contribution is -2.44. The van der Waals surface area contributed by atoms with Crippen LogP contribution in [0.25, 0.3) is 0 Å². The molecule has 0 amide bonds. The van der Waals surface area contributed by atoms with E-state index >= 15 is 0 Å². The zero-order valence-electron chi connectivity index (χ0n) is 12.1. The minimum Gasteiger partial charge on any atom is -0.364 e. The fraction of sp³-hybridized carbons (Fsp3) is 0.600. The van der Waals surface area contributed by atoms with Crippen LogP contribution in [-0.4, -0.2) is 42.6 Å². The highest BCUT2D eigenvalue weighted by Gasteiger charge is 2.25. The minimum absolute atomic E-state index is 0.281. The Kier molecular flexibility index (Phi) is 4.81. The molecular weight excluding hydrogens is 288 g/mol. The second kappa shape index (κ2) is 6.60. The van der Waals surface area contributed by atoms with E-state index < -0.39 is 0 Å². The zero-order valence-corrected chi connectivity index (χ0v) is 13.8. The summed E-state index contributed by atoms with van der Waals surface area (Å²) >= 11 is 0. The molecule has 3 nitrogen and oxygen atoms in total. The van der Waals surface area contributed by atoms with Crippen LogP contribution in [0.2, 0.25) is 0 Å². The minimum atomic E-state index is 0.281. The van der Waals surface area contributed by atoms with E-state index in [0.29, 0.717) is 6.04 Å². The van der Waals surface area contributed by atoms with Gasteiger partial charge in [0.15, 0.2) is 0 Å². The van der Waals surface area contributed by atoms with E-state index in [-0.39, 0.29) is 5.44 Å². The van der Waals surface area contributed by atoms with Gasteiger partial charge in [0, 0.05) is 36.7 Å². The van der Waals surface area contributed by atoms with Crippen LogP contribution in [0.1, 0.15) is 19.4 Å². The Hall–Kier alpha value is -0.360. The zero-order chi connectivity index (χ0) is 13.9. The lowest BCUT2D eigenvalue weighted by atomic mass is 10.2. The van der Waals surface area contributed by atoms with Gasteiger partial charge >= 0.3 is 0 Å². The summed E-state index contributed by atoms with van der Waals surface area (Å²) in [5.41, 5.74) is 3.12. The molecular formula is C15H22N2OS2. The van der Waals surface area contributed by atoms with E-state index in [4.69, 9.17) is 4.74 Å². The highest BCUT2D eigenvalue weighted by molar-refractivity contribution is 8.77. The summed E-state index contributed by atoms with van der Waals surface area (Å²) in [6.45, 7) is 8.58. The quantitative estimate of drug-likeness (QED) is 0.624. The largest absolute Gasteiger partial charge is 0.364 e. The van der Waals surface area contributed by atoms with Crippen molar-refractivity contribution in [3.8, 4) is 0 Å². The van der Waals surface area contributed by atoms with Crippen LogP contribution in [0.3, 0.4) is 0 Å². The van der Waals surface area contributed by atoms with E-state index in [0.717, 1.165) is 32.7 Å². The third kappa shape index (κ3) is 3.27. The first kappa shape index (κ1) is 14.6. The van der Waals surface area contributed by atoms with Gasteiger partial charge in [0.1, 0.15) is 5.44 Å². The topological polar surface area (TPSA) is 15.7 Å². The van der Waals surface area contributed by atoms with Crippen molar-refractivity contribution < 1.29 is 4.74 Å². The molecule has 0 aromatic heterocycles. The Bertz CT molecular complexity index is 455. The highest BCUT2D eigenvalue weighted by Crippen LogP contribution is 2.40. The number of anilines is 1. The molecule has 20 heavy (non-hydrogen) atoms. The molecule has 0 N–H and O–H groups in total. The van der Waals surface area contributed by atoms with E-state index in [9.17, 15) is 0 Å². The SMILES string of the molecule is CC(C)N1CCOC(SSN2CCc3ccccc32)C1. The summed E-state index contributed by atoms with van der Waals surface area (Å²) in [5, 5.41) is 0. The molecule has 2 aliphatic rings. The standard InChI is InChI=1S/C15H22N2OS2/c1-12(2)16-9-10-18-15(11-16)19-20-17-8-7-13-5-3-4-6-14(13)17/h3-6,12,15H,7-11H2,1-2H3. The van der Waals surface area contributed by atoms with Gasteiger partial charge in [-0.15, -0.1) is 0 Å². The fourth-order valence-electron chi connectivity index (χ4n) is 2.65. The van der Waals surface area contributed by atoms with E-state index in [1.807, 2.05) is 21.8 Å². The van der Waals surface area contributed by atoms with E-state index in [1.54, 1.807) is 0 Å². The first-order valence-electron chi connectivity index (χ1n) is 7.28. The molecule has 2 heterocycles. The number of hydrogen-bond donors (Lipinski definition) is 0. The van der Waals surface area contributed by atoms with Crippen molar-refractivity contribution in [3.05, 3.63) is 29.8 Å². The third-order valence-corrected chi connectivity index (χ3v) is 6.47. The van der Waals surface area contributed by atoms with Crippen LogP contribution in [0.4, 0.5) is 5.69 Å². The molecule has 0 bridgehead atoms. The van der Waals surface area contributed by atoms with Crippen molar-refractivity contribution in [1.82, 2.24) is 4.90 Å². The van der Waals surface area contributed by atoms with Crippen LogP contribution in [0.5, 0.6) is 0 Å². The summed E-state index contributed by atoms with van der Waals surface area (Å²) in [7, 11) is 3.70. The van der Waals surface area contributed by atoms with Gasteiger partial charge in [-0.3, -0.25) is 4.90 Å². The summed E-state index contributed by atoms with van der Waals surface area (Å²) in [6, 6.07) is 9.32. The first-order chi connectivity index (χ1) is 9.74. The fourth-order valence-corrected chi connectivity index (χ4v) is 5.09. The molecule has 1 atom stereocenters. The number of benzene rings is 1. The van der Waals surface area contributed by atoms with Gasteiger partial charge in [0.2, 0.25) is 0 Å². The maximum Gasteiger partial charge on any atom is 0.127 e. The molecule has 0 saturated carbocycles. The van der Waals surface area contributed by atoms with Crippen LogP contribution >= 0.6 is 21.8 Å². The molecule has 0 aliphatic carbocycles. The molecule has 0 spiro atoms. The summed E-state index contributed by atoms with van der Waals surface area (Å²) < 4.78 is 8.28. The third-order valence-electron chi connectivity index (χ3n) is 3.88. The van der Waals surface area contributed by atoms with E-state index in [2.05, 4.69) is 47.3 Å². The van der Waals surface area contributed by atoms with Crippen LogP contribution < -0.4 is 4.31 Å². The second-order valence-electron chi connectivity index (χ2n) is 5.54. The molecule has 3 rings (SSSR count). The van der Waals surface area contributed by atoms with Gasteiger partial charge in [-0.05, 0) is 42.7 Å². The first-order valence-corrected chi connectivity index (χ1v) is 9.45. The molecule has 110 valence electrons. The Morgan fingerprint density at radius 3 is 2.95 bits per heavy atom. The maximum atomic E-state index is 5.88. The lowest BCUT2D eigenvalue weighted by Gasteiger charge is -2.35. The molecule has 1 aromatic carbocycles. The molecule has 1 saturated heterocycles. The number of para-hydroxylation sites is 1. The average Bonchev–Trinajstić information content (AvgIpc) is 2.89. The maximum absolute atomic E-state index is 5.88. The van der Waals surface area contributed by atoms with Gasteiger partial charge in [-0.25, -0.2) is 0 Å². The Labute approximate surface area is 129 Å². The van der Waals surface area contributed by atoms with Crippen LogP contribution in [-0.2, 0) is 11.2 Å². The highest BCUT2D eigenvalue weighted by atomic mass is 33.1. The molecule has 1 fully saturated rings. The van der Waals surface area contributed by atoms with Crippen molar-refractivity contribution in [2.24, 2.45) is 0 Å². The monoisotopic (exact) mass is 310 g/mol. The molecule has 1 aromatic rings. The van der Waals surface area contributed by atoms with E-state index in [1.165, 1.54) is 11.3 Å². The van der Waals surface area contributed by atoms with Crippen molar-refractivity contribution in [2.75, 3.05) is 30.5 Å². The normalized spacial score (nSPS) is 23.4. The van der Waals surface area contributed by atoms with Crippen LogP contribution in [0.15, 0.2) is 24.3 Å². The number of morpholine rings is 1. The van der Waals surface area contributed by atoms with Gasteiger partial charge in [-0.1, -0.05) is 18.2 Å². The Balaban J connectivity index is 1.53. The van der Waals surface area contributed by atoms with Crippen LogP contribution in [0, 0.1) is 0 Å². The number of hydrogen-bond acceptors (Lipinski definition) is 5. The number of nitrogens with zero attached hydrogens (tertiary/aromatic N) is 2. The smallest absolute Gasteiger partial charge is 0.127 e. The van der Waals surface area contributed by atoms with Crippen molar-refractivity contribution >= 4 is 27.5 Å². The second-order valence-corrected chi connectivity index (χ2v) is 7.87. The van der Waals surface area contributed by atoms with Gasteiger partial charge in [-0.2, -0.15) is 0 Å². The molecule has 2 aliphatic heterocycles. The van der Waals surface area contributed by atoms with Crippen molar-refractivity contribution in [1.29, 1.82) is 0 Å².